The van der Waals surface area contributed by atoms with Crippen LogP contribution in [0.4, 0.5) is 0 Å². The summed E-state index contributed by atoms with van der Waals surface area (Å²) in [7, 11) is 0. The van der Waals surface area contributed by atoms with Crippen molar-refractivity contribution in [3.63, 3.8) is 0 Å². The Hall–Kier alpha value is -1.32. The molecular formula is C13H18ClN3. The van der Waals surface area contributed by atoms with Crippen molar-refractivity contribution >= 4 is 12.4 Å². The van der Waals surface area contributed by atoms with Crippen molar-refractivity contribution in [2.45, 2.75) is 25.8 Å². The molecule has 2 rings (SSSR count). The summed E-state index contributed by atoms with van der Waals surface area (Å²) in [4.78, 5) is 4.13. The van der Waals surface area contributed by atoms with E-state index in [0.717, 1.165) is 18.5 Å². The Morgan fingerprint density at radius 1 is 1.35 bits per heavy atom. The Bertz CT molecular complexity index is 439. The summed E-state index contributed by atoms with van der Waals surface area (Å²) >= 11 is 0. The third-order valence-electron chi connectivity index (χ3n) is 2.75. The average Bonchev–Trinajstić information content (AvgIpc) is 2.78. The van der Waals surface area contributed by atoms with Crippen LogP contribution in [0.3, 0.4) is 0 Å². The predicted octanol–water partition coefficient (Wildman–Crippen LogP) is 2.57. The van der Waals surface area contributed by atoms with E-state index in [0.29, 0.717) is 0 Å². The second kappa shape index (κ2) is 6.42. The first kappa shape index (κ1) is 13.7. The maximum Gasteiger partial charge on any atom is 0.0635 e. The standard InChI is InChI=1S/C13H17N3.ClH/c1-2-11(14)9-12-6-4-8-16(12)13-5-3-7-15-10-13;/h3-8,10-11H,2,9,14H2,1H3;1H. The summed E-state index contributed by atoms with van der Waals surface area (Å²) in [6, 6.07) is 8.38. The molecule has 0 aliphatic heterocycles. The van der Waals surface area contributed by atoms with E-state index in [4.69, 9.17) is 5.73 Å². The molecule has 4 heteroatoms. The highest BCUT2D eigenvalue weighted by Crippen LogP contribution is 2.13. The van der Waals surface area contributed by atoms with Crippen LogP contribution in [0.2, 0.25) is 0 Å². The highest BCUT2D eigenvalue weighted by molar-refractivity contribution is 5.85. The predicted molar refractivity (Wildman–Crippen MR) is 72.8 cm³/mol. The van der Waals surface area contributed by atoms with Gasteiger partial charge in [0.15, 0.2) is 0 Å². The lowest BCUT2D eigenvalue weighted by atomic mass is 10.1. The number of nitrogens with zero attached hydrogens (tertiary/aromatic N) is 2. The van der Waals surface area contributed by atoms with Crippen molar-refractivity contribution in [1.82, 2.24) is 9.55 Å². The van der Waals surface area contributed by atoms with Gasteiger partial charge in [0.2, 0.25) is 0 Å². The third-order valence-corrected chi connectivity index (χ3v) is 2.75. The van der Waals surface area contributed by atoms with Crippen molar-refractivity contribution in [3.8, 4) is 5.69 Å². The topological polar surface area (TPSA) is 43.8 Å². The highest BCUT2D eigenvalue weighted by atomic mass is 35.5. The molecule has 92 valence electrons. The number of hydrogen-bond acceptors (Lipinski definition) is 2. The quantitative estimate of drug-likeness (QED) is 0.908. The van der Waals surface area contributed by atoms with Gasteiger partial charge in [0, 0.05) is 30.6 Å². The minimum atomic E-state index is 0. The summed E-state index contributed by atoms with van der Waals surface area (Å²) in [6.45, 7) is 2.11. The lowest BCUT2D eigenvalue weighted by Crippen LogP contribution is -2.22. The summed E-state index contributed by atoms with van der Waals surface area (Å²) < 4.78 is 2.14. The van der Waals surface area contributed by atoms with Crippen LogP contribution in [-0.4, -0.2) is 15.6 Å². The number of aromatic nitrogens is 2. The van der Waals surface area contributed by atoms with Gasteiger partial charge in [-0.05, 0) is 30.7 Å². The molecule has 0 fully saturated rings. The molecule has 0 bridgehead atoms. The molecule has 0 aliphatic rings. The van der Waals surface area contributed by atoms with E-state index in [9.17, 15) is 0 Å². The van der Waals surface area contributed by atoms with Gasteiger partial charge in [-0.3, -0.25) is 4.98 Å². The molecule has 0 radical (unpaired) electrons. The van der Waals surface area contributed by atoms with Crippen molar-refractivity contribution in [3.05, 3.63) is 48.5 Å². The van der Waals surface area contributed by atoms with E-state index in [1.165, 1.54) is 5.69 Å². The first-order valence-corrected chi connectivity index (χ1v) is 5.63. The summed E-state index contributed by atoms with van der Waals surface area (Å²) in [5.41, 5.74) is 8.31. The molecule has 0 spiro atoms. The van der Waals surface area contributed by atoms with Crippen LogP contribution in [0.25, 0.3) is 5.69 Å². The Morgan fingerprint density at radius 3 is 2.82 bits per heavy atom. The second-order valence-electron chi connectivity index (χ2n) is 3.95. The fourth-order valence-corrected chi connectivity index (χ4v) is 1.74. The Balaban J connectivity index is 0.00000144. The van der Waals surface area contributed by atoms with Gasteiger partial charge >= 0.3 is 0 Å². The maximum absolute atomic E-state index is 5.98. The zero-order chi connectivity index (χ0) is 11.4. The average molecular weight is 252 g/mol. The van der Waals surface area contributed by atoms with E-state index in [2.05, 4.69) is 28.7 Å². The summed E-state index contributed by atoms with van der Waals surface area (Å²) in [5, 5.41) is 0. The van der Waals surface area contributed by atoms with Gasteiger partial charge in [-0.1, -0.05) is 6.92 Å². The molecule has 0 aromatic carbocycles. The van der Waals surface area contributed by atoms with Crippen LogP contribution in [0.1, 0.15) is 19.0 Å². The zero-order valence-electron chi connectivity index (χ0n) is 9.91. The molecule has 2 N–H and O–H groups in total. The smallest absolute Gasteiger partial charge is 0.0635 e. The van der Waals surface area contributed by atoms with E-state index in [-0.39, 0.29) is 18.4 Å². The molecule has 2 heterocycles. The van der Waals surface area contributed by atoms with Crippen LogP contribution in [0.15, 0.2) is 42.9 Å². The highest BCUT2D eigenvalue weighted by Gasteiger charge is 2.06. The zero-order valence-corrected chi connectivity index (χ0v) is 10.7. The van der Waals surface area contributed by atoms with Crippen molar-refractivity contribution in [1.29, 1.82) is 0 Å². The largest absolute Gasteiger partial charge is 0.327 e. The van der Waals surface area contributed by atoms with E-state index in [1.54, 1.807) is 6.20 Å². The summed E-state index contributed by atoms with van der Waals surface area (Å²) in [5.74, 6) is 0. The van der Waals surface area contributed by atoms with Crippen LogP contribution in [0, 0.1) is 0 Å². The Morgan fingerprint density at radius 2 is 2.18 bits per heavy atom. The summed E-state index contributed by atoms with van der Waals surface area (Å²) in [6.07, 6.45) is 7.59. The molecule has 3 nitrogen and oxygen atoms in total. The van der Waals surface area contributed by atoms with Gasteiger partial charge in [0.25, 0.3) is 0 Å². The molecule has 17 heavy (non-hydrogen) atoms. The van der Waals surface area contributed by atoms with Gasteiger partial charge in [-0.15, -0.1) is 12.4 Å². The molecule has 1 unspecified atom stereocenters. The molecule has 0 aliphatic carbocycles. The van der Waals surface area contributed by atoms with Crippen molar-refractivity contribution in [2.75, 3.05) is 0 Å². The first-order chi connectivity index (χ1) is 7.81. The minimum Gasteiger partial charge on any atom is -0.327 e. The van der Waals surface area contributed by atoms with Gasteiger partial charge in [0.1, 0.15) is 0 Å². The van der Waals surface area contributed by atoms with Gasteiger partial charge in [0.05, 0.1) is 11.9 Å². The second-order valence-corrected chi connectivity index (χ2v) is 3.95. The van der Waals surface area contributed by atoms with Gasteiger partial charge in [-0.2, -0.15) is 0 Å². The lowest BCUT2D eigenvalue weighted by molar-refractivity contribution is 0.630. The van der Waals surface area contributed by atoms with Crippen LogP contribution in [0.5, 0.6) is 0 Å². The molecular weight excluding hydrogens is 234 g/mol. The van der Waals surface area contributed by atoms with Crippen molar-refractivity contribution < 1.29 is 0 Å². The molecule has 0 saturated heterocycles. The lowest BCUT2D eigenvalue weighted by Gasteiger charge is -2.12. The fourth-order valence-electron chi connectivity index (χ4n) is 1.74. The number of rotatable bonds is 4. The van der Waals surface area contributed by atoms with Gasteiger partial charge in [-0.25, -0.2) is 0 Å². The fraction of sp³-hybridized carbons (Fsp3) is 0.308. The molecule has 1 atom stereocenters. The van der Waals surface area contributed by atoms with E-state index >= 15 is 0 Å². The Labute approximate surface area is 108 Å². The molecule has 2 aromatic rings. The first-order valence-electron chi connectivity index (χ1n) is 5.63. The third kappa shape index (κ3) is 3.32. The van der Waals surface area contributed by atoms with E-state index in [1.807, 2.05) is 24.4 Å². The number of nitrogens with two attached hydrogens (primary N) is 1. The number of pyridine rings is 1. The monoisotopic (exact) mass is 251 g/mol. The van der Waals surface area contributed by atoms with Crippen molar-refractivity contribution in [2.24, 2.45) is 5.73 Å². The van der Waals surface area contributed by atoms with Crippen LogP contribution >= 0.6 is 12.4 Å². The molecule has 0 amide bonds. The molecule has 0 saturated carbocycles. The maximum atomic E-state index is 5.98. The van der Waals surface area contributed by atoms with Crippen LogP contribution in [-0.2, 0) is 6.42 Å². The SMILES string of the molecule is CCC(N)Cc1cccn1-c1cccnc1.Cl. The van der Waals surface area contributed by atoms with Crippen LogP contribution < -0.4 is 5.73 Å². The molecule has 2 aromatic heterocycles. The van der Waals surface area contributed by atoms with E-state index < -0.39 is 0 Å². The number of hydrogen-bond donors (Lipinski definition) is 1. The Kier molecular flexibility index (Phi) is 5.19. The number of halogens is 1. The normalized spacial score (nSPS) is 11.9. The van der Waals surface area contributed by atoms with Gasteiger partial charge < -0.3 is 10.3 Å². The minimum absolute atomic E-state index is 0.